The minimum atomic E-state index is -0.681. The van der Waals surface area contributed by atoms with Gasteiger partial charge in [-0.05, 0) is 35.9 Å². The molecule has 0 unspecified atom stereocenters. The minimum absolute atomic E-state index is 0.00745. The molecule has 2 aromatic heterocycles. The van der Waals surface area contributed by atoms with Crippen LogP contribution in [0.15, 0.2) is 86.4 Å². The number of phenolic OH excluding ortho intramolecular Hbond substituents is 1. The van der Waals surface area contributed by atoms with Gasteiger partial charge in [0, 0.05) is 36.6 Å². The summed E-state index contributed by atoms with van der Waals surface area (Å²) >= 11 is 0. The quantitative estimate of drug-likeness (QED) is 0.229. The summed E-state index contributed by atoms with van der Waals surface area (Å²) in [5, 5.41) is 11.0. The van der Waals surface area contributed by atoms with Crippen LogP contribution in [0.25, 0.3) is 22.2 Å². The predicted octanol–water partition coefficient (Wildman–Crippen LogP) is 3.70. The molecule has 0 atom stereocenters. The number of para-hydroxylation sites is 1. The molecular weight excluding hydrogens is 446 g/mol. The van der Waals surface area contributed by atoms with Crippen molar-refractivity contribution in [2.75, 3.05) is 17.2 Å². The molecule has 0 radical (unpaired) electrons. The number of rotatable bonds is 8. The zero-order chi connectivity index (χ0) is 24.9. The predicted molar refractivity (Wildman–Crippen MR) is 134 cm³/mol. The lowest BCUT2D eigenvalue weighted by atomic mass is 10.1. The van der Waals surface area contributed by atoms with Gasteiger partial charge in [0.25, 0.3) is 0 Å². The lowest BCUT2D eigenvalue weighted by Crippen LogP contribution is -2.32. The summed E-state index contributed by atoms with van der Waals surface area (Å²) in [6.07, 6.45) is 5.49. The van der Waals surface area contributed by atoms with Crippen LogP contribution in [0, 0.1) is 0 Å². The highest BCUT2D eigenvalue weighted by molar-refractivity contribution is 6.02. The Labute approximate surface area is 201 Å². The van der Waals surface area contributed by atoms with Crippen LogP contribution >= 0.6 is 0 Å². The number of nitrogens with two attached hydrogens (primary N) is 1. The number of aromatic nitrogens is 3. The van der Waals surface area contributed by atoms with Gasteiger partial charge in [-0.1, -0.05) is 37.4 Å². The van der Waals surface area contributed by atoms with Crippen molar-refractivity contribution in [1.29, 1.82) is 0 Å². The van der Waals surface area contributed by atoms with Crippen molar-refractivity contribution in [3.8, 4) is 22.6 Å². The fraction of sp³-hybridized carbons (Fsp3) is 0.0769. The Morgan fingerprint density at radius 1 is 1.11 bits per heavy atom. The normalized spacial score (nSPS) is 10.6. The molecule has 4 aromatic rings. The number of phenols is 1. The first-order valence-electron chi connectivity index (χ1n) is 10.7. The molecule has 0 spiro atoms. The van der Waals surface area contributed by atoms with Crippen LogP contribution in [-0.4, -0.2) is 38.1 Å². The minimum Gasteiger partial charge on any atom is -0.504 e. The van der Waals surface area contributed by atoms with E-state index in [1.165, 1.54) is 24.5 Å². The second kappa shape index (κ2) is 9.92. The highest BCUT2D eigenvalue weighted by Crippen LogP contribution is 2.37. The molecule has 9 heteroatoms. The van der Waals surface area contributed by atoms with E-state index in [-0.39, 0.29) is 23.2 Å². The molecule has 4 rings (SSSR count). The first-order valence-corrected chi connectivity index (χ1v) is 10.7. The molecule has 0 saturated carbocycles. The molecule has 176 valence electrons. The molecule has 0 aliphatic carbocycles. The number of carbonyl (C=O) groups excluding carboxylic acids is 2. The zero-order valence-corrected chi connectivity index (χ0v) is 18.8. The van der Waals surface area contributed by atoms with Crippen molar-refractivity contribution in [3.63, 3.8) is 0 Å². The summed E-state index contributed by atoms with van der Waals surface area (Å²) in [5.41, 5.74) is 8.81. The summed E-state index contributed by atoms with van der Waals surface area (Å²) < 4.78 is 6.91. The number of aromatic hydroxyl groups is 1. The number of ether oxygens (including phenoxy) is 1. The molecule has 0 aliphatic rings. The van der Waals surface area contributed by atoms with Crippen molar-refractivity contribution in [1.82, 2.24) is 14.5 Å². The van der Waals surface area contributed by atoms with E-state index >= 15 is 0 Å². The molecular formula is C26H23N5O4. The topological polar surface area (TPSA) is 124 Å². The number of amides is 1. The third kappa shape index (κ3) is 4.74. The third-order valence-corrected chi connectivity index (χ3v) is 5.40. The zero-order valence-electron chi connectivity index (χ0n) is 18.8. The number of nitrogen functional groups attached to an aromatic ring is 1. The van der Waals surface area contributed by atoms with Crippen LogP contribution in [0.1, 0.15) is 0 Å². The van der Waals surface area contributed by atoms with E-state index in [9.17, 15) is 14.7 Å². The van der Waals surface area contributed by atoms with E-state index in [2.05, 4.69) is 23.1 Å². The highest BCUT2D eigenvalue weighted by atomic mass is 16.5. The van der Waals surface area contributed by atoms with Gasteiger partial charge < -0.3 is 25.0 Å². The van der Waals surface area contributed by atoms with Gasteiger partial charge in [0.15, 0.2) is 11.5 Å². The number of hydrogen-bond donors (Lipinski definition) is 2. The lowest BCUT2D eigenvalue weighted by Gasteiger charge is -2.21. The van der Waals surface area contributed by atoms with Gasteiger partial charge in [0.05, 0.1) is 5.39 Å². The second-order valence-electron chi connectivity index (χ2n) is 7.53. The van der Waals surface area contributed by atoms with Gasteiger partial charge in [-0.3, -0.25) is 4.79 Å². The largest absolute Gasteiger partial charge is 0.504 e. The molecule has 0 bridgehead atoms. The summed E-state index contributed by atoms with van der Waals surface area (Å²) in [4.78, 5) is 34.2. The van der Waals surface area contributed by atoms with Gasteiger partial charge in [-0.25, -0.2) is 14.8 Å². The van der Waals surface area contributed by atoms with Crippen LogP contribution in [0.4, 0.5) is 11.5 Å². The monoisotopic (exact) mass is 469 g/mol. The maximum atomic E-state index is 12.5. The first-order chi connectivity index (χ1) is 16.9. The molecule has 2 aromatic carbocycles. The standard InChI is InChI=1S/C26H23N5O4/c1-3-22(33)31(18-8-6-5-7-9-18)13-12-30-15-19(24-25(27)28-16-29-26(24)30)17-10-11-21(20(32)14-17)35-23(34)4-2/h3-11,14-16,32H,1-2,12-13H2,(H2,27,28,29). The van der Waals surface area contributed by atoms with E-state index in [1.54, 1.807) is 11.0 Å². The van der Waals surface area contributed by atoms with E-state index in [1.807, 2.05) is 41.1 Å². The van der Waals surface area contributed by atoms with Crippen LogP contribution in [0.2, 0.25) is 0 Å². The summed E-state index contributed by atoms with van der Waals surface area (Å²) in [5.74, 6) is -0.850. The Bertz CT molecular complexity index is 1430. The third-order valence-electron chi connectivity index (χ3n) is 5.40. The first kappa shape index (κ1) is 23.2. The molecule has 2 heterocycles. The average molecular weight is 470 g/mol. The van der Waals surface area contributed by atoms with E-state index in [4.69, 9.17) is 10.5 Å². The van der Waals surface area contributed by atoms with Crippen molar-refractivity contribution in [2.45, 2.75) is 6.54 Å². The van der Waals surface area contributed by atoms with Crippen LogP contribution in [0.5, 0.6) is 11.5 Å². The van der Waals surface area contributed by atoms with E-state index in [0.717, 1.165) is 11.8 Å². The van der Waals surface area contributed by atoms with Gasteiger partial charge >= 0.3 is 5.97 Å². The average Bonchev–Trinajstić information content (AvgIpc) is 3.25. The summed E-state index contributed by atoms with van der Waals surface area (Å²) in [6, 6.07) is 13.9. The molecule has 35 heavy (non-hydrogen) atoms. The van der Waals surface area contributed by atoms with Crippen LogP contribution in [-0.2, 0) is 16.1 Å². The second-order valence-corrected chi connectivity index (χ2v) is 7.53. The molecule has 0 aliphatic heterocycles. The lowest BCUT2D eigenvalue weighted by molar-refractivity contribution is -0.129. The number of nitrogens with zero attached hydrogens (tertiary/aromatic N) is 4. The number of fused-ring (bicyclic) bond motifs is 1. The van der Waals surface area contributed by atoms with Crippen molar-refractivity contribution < 1.29 is 19.4 Å². The summed E-state index contributed by atoms with van der Waals surface area (Å²) in [6.45, 7) is 7.71. The van der Waals surface area contributed by atoms with Gasteiger partial charge in [-0.2, -0.15) is 0 Å². The van der Waals surface area contributed by atoms with E-state index in [0.29, 0.717) is 35.2 Å². The maximum Gasteiger partial charge on any atom is 0.335 e. The number of carbonyl (C=O) groups is 2. The van der Waals surface area contributed by atoms with Crippen LogP contribution in [0.3, 0.4) is 0 Å². The molecule has 1 amide bonds. The Balaban J connectivity index is 1.71. The van der Waals surface area contributed by atoms with Crippen LogP contribution < -0.4 is 15.4 Å². The molecule has 0 fully saturated rings. The smallest absolute Gasteiger partial charge is 0.335 e. The Morgan fingerprint density at radius 3 is 2.57 bits per heavy atom. The van der Waals surface area contributed by atoms with Gasteiger partial charge in [-0.15, -0.1) is 0 Å². The highest BCUT2D eigenvalue weighted by Gasteiger charge is 2.19. The molecule has 0 saturated heterocycles. The Hall–Kier alpha value is -4.92. The van der Waals surface area contributed by atoms with Crippen molar-refractivity contribution in [3.05, 3.63) is 86.4 Å². The maximum absolute atomic E-state index is 12.5. The van der Waals surface area contributed by atoms with Crippen molar-refractivity contribution >= 4 is 34.4 Å². The Kier molecular flexibility index (Phi) is 6.59. The SMILES string of the molecule is C=CC(=O)Oc1ccc(-c2cn(CCN(C(=O)C=C)c3ccccc3)c3ncnc(N)c23)cc1O. The summed E-state index contributed by atoms with van der Waals surface area (Å²) in [7, 11) is 0. The van der Waals surface area contributed by atoms with Crippen molar-refractivity contribution in [2.24, 2.45) is 0 Å². The number of esters is 1. The fourth-order valence-electron chi connectivity index (χ4n) is 3.75. The van der Waals surface area contributed by atoms with Gasteiger partial charge in [0.1, 0.15) is 17.8 Å². The van der Waals surface area contributed by atoms with Gasteiger partial charge in [0.2, 0.25) is 5.91 Å². The van der Waals surface area contributed by atoms with E-state index < -0.39 is 5.97 Å². The molecule has 9 nitrogen and oxygen atoms in total. The fourth-order valence-corrected chi connectivity index (χ4v) is 3.75. The Morgan fingerprint density at radius 2 is 1.89 bits per heavy atom. The number of hydrogen-bond acceptors (Lipinski definition) is 7. The molecule has 3 N–H and O–H groups in total. The number of anilines is 2. The number of benzene rings is 2.